The summed E-state index contributed by atoms with van der Waals surface area (Å²) in [5.41, 5.74) is 0.223. The smallest absolute Gasteiger partial charge is 0.358 e. The lowest BCUT2D eigenvalue weighted by atomic mass is 9.95. The molecular weight excluding hydrogens is 308 g/mol. The first-order chi connectivity index (χ1) is 11.6. The number of rotatable bonds is 4. The number of carbonyl (C=O) groups is 1. The van der Waals surface area contributed by atoms with E-state index in [1.807, 2.05) is 12.4 Å². The van der Waals surface area contributed by atoms with E-state index in [0.29, 0.717) is 12.0 Å². The van der Waals surface area contributed by atoms with Crippen LogP contribution in [0.4, 0.5) is 5.82 Å². The van der Waals surface area contributed by atoms with Crippen LogP contribution in [-0.4, -0.2) is 51.1 Å². The van der Waals surface area contributed by atoms with Crippen molar-refractivity contribution in [3.63, 3.8) is 0 Å². The van der Waals surface area contributed by atoms with Gasteiger partial charge < -0.3 is 14.2 Å². The summed E-state index contributed by atoms with van der Waals surface area (Å²) in [6.45, 7) is 6.03. The standard InChI is InChI=1S/C16H22N6O2/c1-11(2)22-10-17-20-15(22)12-6-8-21(9-7-12)14-5-4-13(18-19-14)16(23)24-3/h4-5,10-12H,6-9H2,1-3H3. The Labute approximate surface area is 140 Å². The Bertz CT molecular complexity index is 689. The van der Waals surface area contributed by atoms with Gasteiger partial charge in [0, 0.05) is 25.0 Å². The highest BCUT2D eigenvalue weighted by Crippen LogP contribution is 2.29. The number of esters is 1. The number of nitrogens with zero attached hydrogens (tertiary/aromatic N) is 6. The minimum Gasteiger partial charge on any atom is -0.464 e. The van der Waals surface area contributed by atoms with Crippen molar-refractivity contribution in [3.8, 4) is 0 Å². The molecular formula is C16H22N6O2. The van der Waals surface area contributed by atoms with Gasteiger partial charge in [-0.25, -0.2) is 4.79 Å². The highest BCUT2D eigenvalue weighted by atomic mass is 16.5. The van der Waals surface area contributed by atoms with Gasteiger partial charge in [0.25, 0.3) is 0 Å². The molecule has 1 aliphatic rings. The van der Waals surface area contributed by atoms with Gasteiger partial charge in [-0.2, -0.15) is 0 Å². The second kappa shape index (κ2) is 6.94. The molecule has 0 aliphatic carbocycles. The van der Waals surface area contributed by atoms with Crippen molar-refractivity contribution in [2.45, 2.75) is 38.6 Å². The van der Waals surface area contributed by atoms with Crippen LogP contribution in [0.3, 0.4) is 0 Å². The summed E-state index contributed by atoms with van der Waals surface area (Å²) in [5, 5.41) is 16.5. The van der Waals surface area contributed by atoms with E-state index in [0.717, 1.165) is 37.6 Å². The maximum Gasteiger partial charge on any atom is 0.358 e. The maximum absolute atomic E-state index is 11.4. The lowest BCUT2D eigenvalue weighted by molar-refractivity contribution is 0.0592. The number of aromatic nitrogens is 5. The molecule has 0 bridgehead atoms. The van der Waals surface area contributed by atoms with Gasteiger partial charge in [0.2, 0.25) is 0 Å². The fraction of sp³-hybridized carbons (Fsp3) is 0.562. The summed E-state index contributed by atoms with van der Waals surface area (Å²) in [5.74, 6) is 1.79. The molecule has 8 heteroatoms. The van der Waals surface area contributed by atoms with Crippen LogP contribution in [0.5, 0.6) is 0 Å². The molecule has 0 unspecified atom stereocenters. The molecule has 0 amide bonds. The fourth-order valence-electron chi connectivity index (χ4n) is 3.02. The third-order valence-corrected chi connectivity index (χ3v) is 4.39. The van der Waals surface area contributed by atoms with Gasteiger partial charge in [-0.1, -0.05) is 0 Å². The largest absolute Gasteiger partial charge is 0.464 e. The first-order valence-corrected chi connectivity index (χ1v) is 8.16. The van der Waals surface area contributed by atoms with Gasteiger partial charge in [-0.3, -0.25) is 0 Å². The average molecular weight is 330 g/mol. The number of piperidine rings is 1. The number of carbonyl (C=O) groups excluding carboxylic acids is 1. The third kappa shape index (κ3) is 3.22. The summed E-state index contributed by atoms with van der Waals surface area (Å²) in [6, 6.07) is 3.83. The van der Waals surface area contributed by atoms with Crippen molar-refractivity contribution in [2.24, 2.45) is 0 Å². The zero-order valence-corrected chi connectivity index (χ0v) is 14.2. The summed E-state index contributed by atoms with van der Waals surface area (Å²) >= 11 is 0. The highest BCUT2D eigenvalue weighted by Gasteiger charge is 2.26. The van der Waals surface area contributed by atoms with Crippen molar-refractivity contribution in [1.29, 1.82) is 0 Å². The second-order valence-electron chi connectivity index (χ2n) is 6.22. The van der Waals surface area contributed by atoms with Crippen LogP contribution in [0.15, 0.2) is 18.5 Å². The number of hydrogen-bond acceptors (Lipinski definition) is 7. The first kappa shape index (κ1) is 16.4. The zero-order valence-electron chi connectivity index (χ0n) is 14.2. The Morgan fingerprint density at radius 2 is 1.96 bits per heavy atom. The molecule has 0 spiro atoms. The zero-order chi connectivity index (χ0) is 17.1. The van der Waals surface area contributed by atoms with Crippen LogP contribution in [0, 0.1) is 0 Å². The molecule has 0 aromatic carbocycles. The molecule has 1 fully saturated rings. The van der Waals surface area contributed by atoms with Crippen LogP contribution in [0.1, 0.15) is 55.0 Å². The Kier molecular flexibility index (Phi) is 4.73. The van der Waals surface area contributed by atoms with Crippen LogP contribution < -0.4 is 4.90 Å². The quantitative estimate of drug-likeness (QED) is 0.790. The van der Waals surface area contributed by atoms with Gasteiger partial charge in [0.1, 0.15) is 12.2 Å². The molecule has 8 nitrogen and oxygen atoms in total. The number of anilines is 1. The molecule has 0 N–H and O–H groups in total. The molecule has 3 heterocycles. The van der Waals surface area contributed by atoms with Gasteiger partial charge in [-0.05, 0) is 38.8 Å². The van der Waals surface area contributed by atoms with E-state index in [1.54, 1.807) is 6.07 Å². The van der Waals surface area contributed by atoms with E-state index >= 15 is 0 Å². The van der Waals surface area contributed by atoms with Crippen molar-refractivity contribution in [3.05, 3.63) is 30.0 Å². The molecule has 24 heavy (non-hydrogen) atoms. The summed E-state index contributed by atoms with van der Waals surface area (Å²) in [6.07, 6.45) is 3.79. The molecule has 2 aromatic rings. The summed E-state index contributed by atoms with van der Waals surface area (Å²) in [4.78, 5) is 13.6. The second-order valence-corrected chi connectivity index (χ2v) is 6.22. The number of ether oxygens (including phenoxy) is 1. The number of hydrogen-bond donors (Lipinski definition) is 0. The van der Waals surface area contributed by atoms with E-state index in [1.165, 1.54) is 7.11 Å². The Balaban J connectivity index is 1.64. The lowest BCUT2D eigenvalue weighted by Gasteiger charge is -2.32. The third-order valence-electron chi connectivity index (χ3n) is 4.39. The van der Waals surface area contributed by atoms with Gasteiger partial charge in [0.05, 0.1) is 7.11 Å². The molecule has 1 saturated heterocycles. The van der Waals surface area contributed by atoms with Crippen molar-refractivity contribution in [1.82, 2.24) is 25.0 Å². The van der Waals surface area contributed by atoms with Gasteiger partial charge in [-0.15, -0.1) is 20.4 Å². The monoisotopic (exact) mass is 330 g/mol. The molecule has 0 saturated carbocycles. The van der Waals surface area contributed by atoms with Crippen LogP contribution in [0.2, 0.25) is 0 Å². The molecule has 0 radical (unpaired) electrons. The first-order valence-electron chi connectivity index (χ1n) is 8.16. The summed E-state index contributed by atoms with van der Waals surface area (Å²) < 4.78 is 6.78. The molecule has 128 valence electrons. The average Bonchev–Trinajstić information content (AvgIpc) is 3.11. The minimum atomic E-state index is -0.472. The topological polar surface area (TPSA) is 86.0 Å². The van der Waals surface area contributed by atoms with E-state index in [9.17, 15) is 4.79 Å². The van der Waals surface area contributed by atoms with Gasteiger partial charge >= 0.3 is 5.97 Å². The Morgan fingerprint density at radius 3 is 2.54 bits per heavy atom. The Hall–Kier alpha value is -2.51. The van der Waals surface area contributed by atoms with Crippen molar-refractivity contribution >= 4 is 11.8 Å². The minimum absolute atomic E-state index is 0.223. The van der Waals surface area contributed by atoms with Crippen molar-refractivity contribution in [2.75, 3.05) is 25.1 Å². The van der Waals surface area contributed by atoms with E-state index in [4.69, 9.17) is 0 Å². The normalized spacial score (nSPS) is 15.8. The van der Waals surface area contributed by atoms with Crippen LogP contribution in [0.25, 0.3) is 0 Å². The predicted molar refractivity (Wildman–Crippen MR) is 88.0 cm³/mol. The van der Waals surface area contributed by atoms with E-state index in [-0.39, 0.29) is 5.69 Å². The molecule has 1 aliphatic heterocycles. The Morgan fingerprint density at radius 1 is 1.21 bits per heavy atom. The molecule has 3 rings (SSSR count). The van der Waals surface area contributed by atoms with E-state index in [2.05, 4.69) is 48.4 Å². The SMILES string of the molecule is COC(=O)c1ccc(N2CCC(c3nncn3C(C)C)CC2)nn1. The summed E-state index contributed by atoms with van der Waals surface area (Å²) in [7, 11) is 1.33. The predicted octanol–water partition coefficient (Wildman–Crippen LogP) is 1.82. The van der Waals surface area contributed by atoms with Gasteiger partial charge in [0.15, 0.2) is 11.5 Å². The van der Waals surface area contributed by atoms with Crippen LogP contribution in [-0.2, 0) is 4.74 Å². The van der Waals surface area contributed by atoms with E-state index < -0.39 is 5.97 Å². The number of methoxy groups -OCH3 is 1. The molecule has 0 atom stereocenters. The fourth-order valence-corrected chi connectivity index (χ4v) is 3.02. The van der Waals surface area contributed by atoms with Crippen LogP contribution >= 0.6 is 0 Å². The molecule has 2 aromatic heterocycles. The van der Waals surface area contributed by atoms with Crippen molar-refractivity contribution < 1.29 is 9.53 Å². The maximum atomic E-state index is 11.4. The lowest BCUT2D eigenvalue weighted by Crippen LogP contribution is -2.34. The highest BCUT2D eigenvalue weighted by molar-refractivity contribution is 5.86.